The minimum atomic E-state index is -1.09. The van der Waals surface area contributed by atoms with Crippen LogP contribution in [0, 0.1) is 31.4 Å². The van der Waals surface area contributed by atoms with Gasteiger partial charge in [-0.15, -0.1) is 10.2 Å². The van der Waals surface area contributed by atoms with Gasteiger partial charge < -0.3 is 29.6 Å². The van der Waals surface area contributed by atoms with Gasteiger partial charge >= 0.3 is 6.09 Å². The summed E-state index contributed by atoms with van der Waals surface area (Å²) in [4.78, 5) is 25.9. The summed E-state index contributed by atoms with van der Waals surface area (Å²) in [5.74, 6) is -2.08. The fourth-order valence-electron chi connectivity index (χ4n) is 4.44. The van der Waals surface area contributed by atoms with Crippen LogP contribution in [0.5, 0.6) is 5.88 Å². The lowest BCUT2D eigenvalue weighted by atomic mass is 10.1. The number of hydrogen-bond donors (Lipinski definition) is 3. The highest BCUT2D eigenvalue weighted by molar-refractivity contribution is 6.02. The fourth-order valence-corrected chi connectivity index (χ4v) is 4.44. The minimum absolute atomic E-state index is 0.0735. The van der Waals surface area contributed by atoms with Gasteiger partial charge in [-0.1, -0.05) is 19.9 Å². The van der Waals surface area contributed by atoms with Crippen LogP contribution in [0.25, 0.3) is 5.52 Å². The third kappa shape index (κ3) is 7.30. The Morgan fingerprint density at radius 1 is 1.07 bits per heavy atom. The van der Waals surface area contributed by atoms with E-state index >= 15 is 0 Å². The van der Waals surface area contributed by atoms with Crippen molar-refractivity contribution in [2.75, 3.05) is 6.61 Å². The van der Waals surface area contributed by atoms with Gasteiger partial charge in [-0.2, -0.15) is 9.61 Å². The molecule has 4 aromatic rings. The van der Waals surface area contributed by atoms with Crippen molar-refractivity contribution in [3.05, 3.63) is 76.1 Å². The van der Waals surface area contributed by atoms with Crippen molar-refractivity contribution in [1.29, 1.82) is 0 Å². The monoisotopic (exact) mass is 614 g/mol. The van der Waals surface area contributed by atoms with Gasteiger partial charge in [0, 0.05) is 6.07 Å². The van der Waals surface area contributed by atoms with E-state index in [1.807, 2.05) is 13.8 Å². The van der Waals surface area contributed by atoms with Gasteiger partial charge in [0.1, 0.15) is 35.9 Å². The molecule has 3 heterocycles. The standard InChI is InChI=1S/C30H36F2N6O6/c1-15(2)25(34-29(41)44-30(5,6)7)28-36-35-27(43-28)21(13-39)33-26(40)24-17(4)37-38-22(24)11-16(3)12-23(38)42-14-18-19(31)9-8-10-20(18)32/h8-12,15,21,25,39H,13-14H2,1-7H3,(H,33,40)(H,34,41)/t21-,25-/m0/s1. The number of aromatic nitrogens is 4. The summed E-state index contributed by atoms with van der Waals surface area (Å²) in [6, 6.07) is 5.10. The van der Waals surface area contributed by atoms with E-state index in [4.69, 9.17) is 13.9 Å². The predicted molar refractivity (Wildman–Crippen MR) is 154 cm³/mol. The first-order chi connectivity index (χ1) is 20.7. The molecule has 14 heteroatoms. The maximum absolute atomic E-state index is 14.2. The van der Waals surface area contributed by atoms with Gasteiger partial charge in [-0.25, -0.2) is 13.6 Å². The molecule has 2 atom stereocenters. The van der Waals surface area contributed by atoms with Crippen LogP contribution in [-0.4, -0.2) is 49.1 Å². The molecule has 12 nitrogen and oxygen atoms in total. The predicted octanol–water partition coefficient (Wildman–Crippen LogP) is 4.88. The van der Waals surface area contributed by atoms with Crippen LogP contribution < -0.4 is 15.4 Å². The van der Waals surface area contributed by atoms with Gasteiger partial charge in [0.15, 0.2) is 0 Å². The van der Waals surface area contributed by atoms with E-state index < -0.39 is 54.5 Å². The smallest absolute Gasteiger partial charge is 0.408 e. The van der Waals surface area contributed by atoms with Crippen LogP contribution in [0.15, 0.2) is 34.7 Å². The lowest BCUT2D eigenvalue weighted by Gasteiger charge is -2.23. The number of carbonyl (C=O) groups is 2. The first-order valence-corrected chi connectivity index (χ1v) is 14.0. The third-order valence-electron chi connectivity index (χ3n) is 6.52. The molecule has 0 bridgehead atoms. The number of carbonyl (C=O) groups excluding carboxylic acids is 2. The van der Waals surface area contributed by atoms with E-state index in [1.165, 1.54) is 10.6 Å². The molecule has 0 aliphatic heterocycles. The van der Waals surface area contributed by atoms with E-state index in [2.05, 4.69) is 25.9 Å². The second kappa shape index (κ2) is 13.0. The summed E-state index contributed by atoms with van der Waals surface area (Å²) < 4.78 is 46.5. The summed E-state index contributed by atoms with van der Waals surface area (Å²) in [6.45, 7) is 11.3. The van der Waals surface area contributed by atoms with Gasteiger partial charge in [0.2, 0.25) is 17.7 Å². The largest absolute Gasteiger partial charge is 0.473 e. The molecule has 1 aromatic carbocycles. The molecule has 0 unspecified atom stereocenters. The van der Waals surface area contributed by atoms with Gasteiger partial charge in [-0.05, 0) is 64.3 Å². The second-order valence-electron chi connectivity index (χ2n) is 11.7. The zero-order valence-electron chi connectivity index (χ0n) is 25.6. The van der Waals surface area contributed by atoms with Crippen LogP contribution in [-0.2, 0) is 11.3 Å². The van der Waals surface area contributed by atoms with E-state index in [-0.39, 0.29) is 34.7 Å². The number of aliphatic hydroxyl groups excluding tert-OH is 1. The van der Waals surface area contributed by atoms with Crippen molar-refractivity contribution in [2.45, 2.75) is 72.8 Å². The summed E-state index contributed by atoms with van der Waals surface area (Å²) in [5.41, 5.74) is 0.632. The molecule has 4 rings (SSSR count). The van der Waals surface area contributed by atoms with Crippen LogP contribution in [0.3, 0.4) is 0 Å². The van der Waals surface area contributed by atoms with Gasteiger partial charge in [0.05, 0.1) is 28.9 Å². The van der Waals surface area contributed by atoms with E-state index in [9.17, 15) is 23.5 Å². The normalized spacial score (nSPS) is 13.2. The molecule has 236 valence electrons. The van der Waals surface area contributed by atoms with E-state index in [0.717, 1.165) is 12.1 Å². The highest BCUT2D eigenvalue weighted by Crippen LogP contribution is 2.27. The quantitative estimate of drug-likeness (QED) is 0.227. The molecule has 0 aliphatic rings. The van der Waals surface area contributed by atoms with Crippen LogP contribution in [0.1, 0.15) is 85.7 Å². The van der Waals surface area contributed by atoms with E-state index in [1.54, 1.807) is 46.8 Å². The maximum Gasteiger partial charge on any atom is 0.408 e. The van der Waals surface area contributed by atoms with Crippen molar-refractivity contribution in [3.63, 3.8) is 0 Å². The number of aryl methyl sites for hydroxylation is 2. The Morgan fingerprint density at radius 2 is 1.73 bits per heavy atom. The zero-order valence-corrected chi connectivity index (χ0v) is 25.6. The number of ether oxygens (including phenoxy) is 2. The Kier molecular flexibility index (Phi) is 9.52. The maximum atomic E-state index is 14.2. The molecule has 3 aromatic heterocycles. The average molecular weight is 615 g/mol. The number of aliphatic hydroxyl groups is 1. The number of nitrogens with one attached hydrogen (secondary N) is 2. The molecule has 0 radical (unpaired) electrons. The Balaban J connectivity index is 1.56. The topological polar surface area (TPSA) is 153 Å². The number of halogens is 2. The fraction of sp³-hybridized carbons (Fsp3) is 0.433. The molecule has 0 aliphatic carbocycles. The number of rotatable bonds is 10. The number of nitrogens with zero attached hydrogens (tertiary/aromatic N) is 4. The van der Waals surface area contributed by atoms with Crippen molar-refractivity contribution in [3.8, 4) is 5.88 Å². The molecule has 0 saturated heterocycles. The number of fused-ring (bicyclic) bond motifs is 1. The zero-order chi connectivity index (χ0) is 32.3. The molecule has 0 fully saturated rings. The van der Waals surface area contributed by atoms with E-state index in [0.29, 0.717) is 16.8 Å². The SMILES string of the molecule is Cc1cc(OCc2c(F)cccc2F)n2nc(C)c(C(=O)N[C@@H](CO)c3nnc([C@@H](NC(=O)OC(C)(C)C)C(C)C)o3)c2c1. The second-order valence-corrected chi connectivity index (χ2v) is 11.7. The number of pyridine rings is 1. The molecule has 0 saturated carbocycles. The molecule has 3 N–H and O–H groups in total. The van der Waals surface area contributed by atoms with Crippen LogP contribution >= 0.6 is 0 Å². The molecule has 2 amide bonds. The first-order valence-electron chi connectivity index (χ1n) is 14.0. The van der Waals surface area contributed by atoms with Crippen molar-refractivity contribution in [2.24, 2.45) is 5.92 Å². The number of benzene rings is 1. The number of amides is 2. The Morgan fingerprint density at radius 3 is 2.34 bits per heavy atom. The molecule has 44 heavy (non-hydrogen) atoms. The van der Waals surface area contributed by atoms with Gasteiger partial charge in [-0.3, -0.25) is 4.79 Å². The summed E-state index contributed by atoms with van der Waals surface area (Å²) in [7, 11) is 0. The van der Waals surface area contributed by atoms with Crippen LogP contribution in [0.2, 0.25) is 0 Å². The first kappa shape index (κ1) is 32.3. The van der Waals surface area contributed by atoms with Crippen molar-refractivity contribution in [1.82, 2.24) is 30.4 Å². The Labute approximate surface area is 252 Å². The van der Waals surface area contributed by atoms with Gasteiger partial charge in [0.25, 0.3) is 5.91 Å². The summed E-state index contributed by atoms with van der Waals surface area (Å²) in [5, 5.41) is 28.0. The summed E-state index contributed by atoms with van der Waals surface area (Å²) in [6.07, 6.45) is -0.663. The number of alkyl carbamates (subject to hydrolysis) is 1. The van der Waals surface area contributed by atoms with Crippen molar-refractivity contribution < 1.29 is 37.4 Å². The lowest BCUT2D eigenvalue weighted by Crippen LogP contribution is -2.37. The Hall–Kier alpha value is -4.59. The average Bonchev–Trinajstić information content (AvgIpc) is 3.53. The minimum Gasteiger partial charge on any atom is -0.473 e. The van der Waals surface area contributed by atoms with Crippen molar-refractivity contribution >= 4 is 17.5 Å². The molecule has 0 spiro atoms. The summed E-state index contributed by atoms with van der Waals surface area (Å²) >= 11 is 0. The molecular formula is C30H36F2N6O6. The Bertz CT molecular complexity index is 1640. The van der Waals surface area contributed by atoms with Crippen LogP contribution in [0.4, 0.5) is 13.6 Å². The highest BCUT2D eigenvalue weighted by atomic mass is 19.1. The third-order valence-corrected chi connectivity index (χ3v) is 6.52. The highest BCUT2D eigenvalue weighted by Gasteiger charge is 2.30. The number of hydrogen-bond acceptors (Lipinski definition) is 9. The molecular weight excluding hydrogens is 578 g/mol. The lowest BCUT2D eigenvalue weighted by molar-refractivity contribution is 0.0478.